The summed E-state index contributed by atoms with van der Waals surface area (Å²) in [6.45, 7) is -0.153. The van der Waals surface area contributed by atoms with E-state index in [4.69, 9.17) is 0 Å². The molecule has 7 heteroatoms. The van der Waals surface area contributed by atoms with Crippen molar-refractivity contribution in [3.8, 4) is 22.3 Å². The first kappa shape index (κ1) is 30.5. The first-order valence-electron chi connectivity index (χ1n) is 16.9. The largest absolute Gasteiger partial charge is 0.478 e. The smallest absolute Gasteiger partial charge is 0.335 e. The molecule has 0 unspecified atom stereocenters. The van der Waals surface area contributed by atoms with Gasteiger partial charge >= 0.3 is 11.9 Å². The minimum atomic E-state index is -0.951. The van der Waals surface area contributed by atoms with Gasteiger partial charge in [-0.15, -0.1) is 0 Å². The van der Waals surface area contributed by atoms with E-state index in [1.54, 1.807) is 24.3 Å². The molecule has 240 valence electrons. The van der Waals surface area contributed by atoms with Gasteiger partial charge in [0.1, 0.15) is 0 Å². The van der Waals surface area contributed by atoms with Crippen molar-refractivity contribution in [3.63, 3.8) is 0 Å². The lowest BCUT2D eigenvalue weighted by atomic mass is 9.30. The van der Waals surface area contributed by atoms with Gasteiger partial charge in [0.05, 0.1) is 11.1 Å². The van der Waals surface area contributed by atoms with Crippen LogP contribution in [0.25, 0.3) is 22.3 Å². The highest BCUT2D eigenvalue weighted by atomic mass is 16.4. The summed E-state index contributed by atoms with van der Waals surface area (Å²) in [5, 5.41) is 19.2. The third-order valence-corrected chi connectivity index (χ3v) is 10.3. The minimum Gasteiger partial charge on any atom is -0.478 e. The molecular weight excluding hydrogens is 628 g/mol. The second kappa shape index (κ2) is 12.1. The zero-order chi connectivity index (χ0) is 34.6. The average molecular weight is 657 g/mol. The highest BCUT2D eigenvalue weighted by Crippen LogP contribution is 2.39. The molecule has 0 bridgehead atoms. The molecule has 7 aromatic carbocycles. The van der Waals surface area contributed by atoms with Crippen molar-refractivity contribution in [1.82, 2.24) is 0 Å². The number of carboxylic acid groups (broad SMARTS) is 2. The zero-order valence-electron chi connectivity index (χ0n) is 27.4. The van der Waals surface area contributed by atoms with Crippen LogP contribution in [0.5, 0.6) is 0 Å². The highest BCUT2D eigenvalue weighted by Gasteiger charge is 2.43. The molecule has 5 nitrogen and oxygen atoms in total. The van der Waals surface area contributed by atoms with Gasteiger partial charge in [0.25, 0.3) is 0 Å². The monoisotopic (exact) mass is 657 g/mol. The number of carbonyl (C=O) groups is 2. The maximum atomic E-state index is 11.8. The molecule has 0 aromatic heterocycles. The van der Waals surface area contributed by atoms with E-state index in [1.165, 1.54) is 16.4 Å². The van der Waals surface area contributed by atoms with Crippen LogP contribution in [-0.2, 0) is 0 Å². The van der Waals surface area contributed by atoms with Gasteiger partial charge in [-0.2, -0.15) is 0 Å². The fourth-order valence-electron chi connectivity index (χ4n) is 7.97. The molecule has 2 aliphatic heterocycles. The second-order valence-electron chi connectivity index (χ2n) is 13.1. The Morgan fingerprint density at radius 1 is 0.412 bits per heavy atom. The molecule has 2 heterocycles. The summed E-state index contributed by atoms with van der Waals surface area (Å²) in [6, 6.07) is 55.2. The second-order valence-corrected chi connectivity index (χ2v) is 13.1. The highest BCUT2D eigenvalue weighted by molar-refractivity contribution is 7.02. The number of benzene rings is 7. The number of nitrogens with zero attached hydrogens (tertiary/aromatic N) is 1. The summed E-state index contributed by atoms with van der Waals surface area (Å²) in [4.78, 5) is 25.8. The van der Waals surface area contributed by atoms with E-state index >= 15 is 0 Å². The average Bonchev–Trinajstić information content (AvgIpc) is 3.18. The van der Waals surface area contributed by atoms with Crippen LogP contribution in [0.2, 0.25) is 0 Å². The molecule has 51 heavy (non-hydrogen) atoms. The van der Waals surface area contributed by atoms with Gasteiger partial charge in [-0.1, -0.05) is 138 Å². The fourth-order valence-corrected chi connectivity index (χ4v) is 7.97. The molecule has 2 aliphatic rings. The number of rotatable bonds is 6. The minimum absolute atomic E-state index is 0.0318. The number of anilines is 3. The molecule has 0 radical (unpaired) electrons. The van der Waals surface area contributed by atoms with E-state index in [0.717, 1.165) is 55.7 Å². The van der Waals surface area contributed by atoms with E-state index in [-0.39, 0.29) is 24.6 Å². The first-order chi connectivity index (χ1) is 25.0. The van der Waals surface area contributed by atoms with Crippen LogP contribution in [0.4, 0.5) is 17.1 Å². The van der Waals surface area contributed by atoms with Gasteiger partial charge in [-0.05, 0) is 80.5 Å². The molecule has 0 aliphatic carbocycles. The number of hydrogen-bond donors (Lipinski definition) is 2. The molecule has 0 amide bonds. The molecule has 7 aromatic rings. The van der Waals surface area contributed by atoms with E-state index < -0.39 is 11.9 Å². The Kier molecular flexibility index (Phi) is 7.21. The maximum absolute atomic E-state index is 11.8. The summed E-state index contributed by atoms with van der Waals surface area (Å²) < 4.78 is 0. The maximum Gasteiger partial charge on any atom is 0.335 e. The summed E-state index contributed by atoms with van der Waals surface area (Å²) in [5.41, 5.74) is 14.9. The topological polar surface area (TPSA) is 77.8 Å². The molecule has 0 atom stereocenters. The quantitative estimate of drug-likeness (QED) is 0.230. The number of fused-ring (bicyclic) bond motifs is 4. The predicted octanol–water partition coefficient (Wildman–Crippen LogP) is 5.55. The predicted molar refractivity (Wildman–Crippen MR) is 208 cm³/mol. The zero-order valence-corrected chi connectivity index (χ0v) is 27.4. The van der Waals surface area contributed by atoms with Crippen LogP contribution in [0.15, 0.2) is 164 Å². The van der Waals surface area contributed by atoms with E-state index in [9.17, 15) is 19.8 Å². The normalized spacial score (nSPS) is 12.5. The Hall–Kier alpha value is -6.59. The Bertz CT molecular complexity index is 2480. The van der Waals surface area contributed by atoms with Gasteiger partial charge in [-0.25, -0.2) is 9.59 Å². The molecule has 0 fully saturated rings. The molecule has 0 saturated carbocycles. The Labute approximate surface area is 296 Å². The molecule has 2 N–H and O–H groups in total. The summed E-state index contributed by atoms with van der Waals surface area (Å²) in [6.07, 6.45) is 0. The molecule has 9 rings (SSSR count). The van der Waals surface area contributed by atoms with Gasteiger partial charge < -0.3 is 15.1 Å². The van der Waals surface area contributed by atoms with Gasteiger partial charge in [0.15, 0.2) is 0 Å². The number of aromatic carboxylic acids is 2. The lowest BCUT2D eigenvalue weighted by Crippen LogP contribution is -2.65. The van der Waals surface area contributed by atoms with Crippen molar-refractivity contribution in [1.29, 1.82) is 0 Å². The third-order valence-electron chi connectivity index (χ3n) is 10.3. The van der Waals surface area contributed by atoms with Gasteiger partial charge in [-0.3, -0.25) is 0 Å². The van der Waals surface area contributed by atoms with Crippen LogP contribution in [0.1, 0.15) is 20.7 Å². The van der Waals surface area contributed by atoms with Crippen LogP contribution in [0, 0.1) is 0 Å². The van der Waals surface area contributed by atoms with Gasteiger partial charge in [0, 0.05) is 17.1 Å². The standard InChI is InChI=1S/C44H29B2NO4/c48-43(49)30-19-15-28(16-20-30)32-23-24-41-37(25-32)46(35-11-5-2-6-12-35)39-27-33(29-17-21-31(22-18-29)44(50)51)26-38-42(39)47(41)40-14-8-7-13-36(40)45(38)34-9-3-1-4-10-34/h1-27H,(H,48,49)(H,50,51). The van der Waals surface area contributed by atoms with Gasteiger partial charge in [0.2, 0.25) is 13.4 Å². The summed E-state index contributed by atoms with van der Waals surface area (Å²) >= 11 is 0. The van der Waals surface area contributed by atoms with Crippen LogP contribution < -0.4 is 37.7 Å². The Morgan fingerprint density at radius 3 is 1.39 bits per heavy atom. The number of para-hydroxylation sites is 1. The Balaban J connectivity index is 1.35. The lowest BCUT2D eigenvalue weighted by molar-refractivity contribution is 0.0686. The number of carboxylic acids is 2. The van der Waals surface area contributed by atoms with Crippen molar-refractivity contribution >= 4 is 75.2 Å². The van der Waals surface area contributed by atoms with Crippen LogP contribution in [0.3, 0.4) is 0 Å². The third kappa shape index (κ3) is 5.05. The van der Waals surface area contributed by atoms with Crippen molar-refractivity contribution in [2.24, 2.45) is 0 Å². The van der Waals surface area contributed by atoms with Crippen molar-refractivity contribution in [2.75, 3.05) is 4.90 Å². The molecule has 0 spiro atoms. The lowest BCUT2D eigenvalue weighted by Gasteiger charge is -2.44. The van der Waals surface area contributed by atoms with Crippen molar-refractivity contribution < 1.29 is 19.8 Å². The Morgan fingerprint density at radius 2 is 0.843 bits per heavy atom. The fraction of sp³-hybridized carbons (Fsp3) is 0. The molecule has 0 saturated heterocycles. The van der Waals surface area contributed by atoms with Crippen molar-refractivity contribution in [3.05, 3.63) is 175 Å². The van der Waals surface area contributed by atoms with Crippen LogP contribution >= 0.6 is 0 Å². The van der Waals surface area contributed by atoms with E-state index in [2.05, 4.69) is 114 Å². The summed E-state index contributed by atoms with van der Waals surface area (Å²) in [5.74, 6) is -1.90. The van der Waals surface area contributed by atoms with Crippen molar-refractivity contribution in [2.45, 2.75) is 0 Å². The first-order valence-corrected chi connectivity index (χ1v) is 16.9. The van der Waals surface area contributed by atoms with Crippen LogP contribution in [-0.4, -0.2) is 35.6 Å². The SMILES string of the molecule is O=C(O)c1ccc(-c2ccc3c(c2)B(c2ccccc2)c2cc(-c4ccc(C(=O)O)cc4)cc4c2N3c2ccccc2B4c2ccccc2)cc1. The van der Waals surface area contributed by atoms with E-state index in [0.29, 0.717) is 0 Å². The van der Waals surface area contributed by atoms with E-state index in [1.807, 2.05) is 30.3 Å². The summed E-state index contributed by atoms with van der Waals surface area (Å²) in [7, 11) is 0. The molecular formula is C44H29B2NO4. The number of hydrogen-bond acceptors (Lipinski definition) is 3.